The molecule has 3 aromatic rings. The van der Waals surface area contributed by atoms with Crippen LogP contribution in [0.3, 0.4) is 0 Å². The largest absolute Gasteiger partial charge is 0.378 e. The first-order chi connectivity index (χ1) is 12.3. The number of hydrogen-bond acceptors (Lipinski definition) is 3. The molecule has 2 N–H and O–H groups in total. The van der Waals surface area contributed by atoms with Gasteiger partial charge in [-0.25, -0.2) is 4.39 Å². The summed E-state index contributed by atoms with van der Waals surface area (Å²) in [5.41, 5.74) is 4.39. The Labute approximate surface area is 144 Å². The predicted molar refractivity (Wildman–Crippen MR) is 93.7 cm³/mol. The number of H-pyrrole nitrogens is 1. The highest BCUT2D eigenvalue weighted by Gasteiger charge is 2.54. The van der Waals surface area contributed by atoms with Crippen molar-refractivity contribution < 1.29 is 4.39 Å². The van der Waals surface area contributed by atoms with Crippen LogP contribution in [0.2, 0.25) is 0 Å². The summed E-state index contributed by atoms with van der Waals surface area (Å²) in [5, 5.41) is 12.3. The van der Waals surface area contributed by atoms with Crippen molar-refractivity contribution in [3.05, 3.63) is 53.7 Å². The summed E-state index contributed by atoms with van der Waals surface area (Å²) in [5.74, 6) is 2.13. The van der Waals surface area contributed by atoms with Gasteiger partial charge in [-0.15, -0.1) is 0 Å². The molecular weight excluding hydrogens is 315 g/mol. The van der Waals surface area contributed by atoms with Gasteiger partial charge in [-0.1, -0.05) is 0 Å². The van der Waals surface area contributed by atoms with Crippen molar-refractivity contribution in [1.29, 1.82) is 0 Å². The van der Waals surface area contributed by atoms with Crippen LogP contribution >= 0.6 is 0 Å². The summed E-state index contributed by atoms with van der Waals surface area (Å²) in [6, 6.07) is 6.07. The minimum Gasteiger partial charge on any atom is -0.378 e. The Morgan fingerprint density at radius 3 is 2.92 bits per heavy atom. The van der Waals surface area contributed by atoms with E-state index in [0.29, 0.717) is 23.7 Å². The predicted octanol–water partition coefficient (Wildman–Crippen LogP) is 4.39. The molecule has 1 aliphatic heterocycles. The number of nitrogens with zero attached hydrogens (tertiary/aromatic N) is 2. The number of rotatable bonds is 1. The van der Waals surface area contributed by atoms with E-state index >= 15 is 0 Å². The van der Waals surface area contributed by atoms with E-state index in [9.17, 15) is 4.39 Å². The Bertz CT molecular complexity index is 981. The maximum Gasteiger partial charge on any atom is 0.146 e. The fourth-order valence-corrected chi connectivity index (χ4v) is 5.95. The van der Waals surface area contributed by atoms with Gasteiger partial charge in [0.15, 0.2) is 0 Å². The maximum absolute atomic E-state index is 14.5. The lowest BCUT2D eigenvalue weighted by atomic mass is 9.67. The summed E-state index contributed by atoms with van der Waals surface area (Å²) in [6.45, 7) is 0. The summed E-state index contributed by atoms with van der Waals surface area (Å²) in [7, 11) is 0. The van der Waals surface area contributed by atoms with Crippen molar-refractivity contribution in [2.45, 2.75) is 31.2 Å². The van der Waals surface area contributed by atoms with Crippen molar-refractivity contribution in [1.82, 2.24) is 15.2 Å². The van der Waals surface area contributed by atoms with Crippen LogP contribution in [-0.2, 0) is 0 Å². The maximum atomic E-state index is 14.5. The Balaban J connectivity index is 1.58. The Morgan fingerprint density at radius 1 is 1.08 bits per heavy atom. The molecule has 5 atom stereocenters. The van der Waals surface area contributed by atoms with Gasteiger partial charge in [-0.3, -0.25) is 10.1 Å². The summed E-state index contributed by atoms with van der Waals surface area (Å²) >= 11 is 0. The second-order valence-electron chi connectivity index (χ2n) is 7.81. The number of fused-ring (bicyclic) bond motifs is 9. The number of anilines is 1. The highest BCUT2D eigenvalue weighted by atomic mass is 19.1. The number of halogens is 1. The van der Waals surface area contributed by atoms with Gasteiger partial charge in [-0.05, 0) is 66.7 Å². The summed E-state index contributed by atoms with van der Waals surface area (Å²) < 4.78 is 14.5. The van der Waals surface area contributed by atoms with Crippen LogP contribution < -0.4 is 5.32 Å². The molecule has 0 radical (unpaired) electrons. The molecule has 4 nitrogen and oxygen atoms in total. The van der Waals surface area contributed by atoms with E-state index in [2.05, 4.69) is 32.6 Å². The van der Waals surface area contributed by atoms with Crippen molar-refractivity contribution in [3.8, 4) is 0 Å². The molecule has 0 amide bonds. The average Bonchev–Trinajstić information content (AvgIpc) is 3.37. The molecule has 2 saturated carbocycles. The van der Waals surface area contributed by atoms with Gasteiger partial charge in [0.25, 0.3) is 0 Å². The SMILES string of the molecule is Fc1cnccc1C1Nc2ccc3[nH]ncc3c2C2C3CCC(C3)C12. The van der Waals surface area contributed by atoms with E-state index in [1.165, 1.54) is 36.4 Å². The zero-order chi connectivity index (χ0) is 16.5. The van der Waals surface area contributed by atoms with Gasteiger partial charge in [0.1, 0.15) is 5.82 Å². The fourth-order valence-electron chi connectivity index (χ4n) is 5.95. The molecule has 2 aliphatic carbocycles. The Hall–Kier alpha value is -2.43. The highest BCUT2D eigenvalue weighted by Crippen LogP contribution is 2.64. The van der Waals surface area contributed by atoms with E-state index in [0.717, 1.165) is 16.8 Å². The lowest BCUT2D eigenvalue weighted by molar-refractivity contribution is 0.246. The second-order valence-corrected chi connectivity index (χ2v) is 7.81. The third kappa shape index (κ3) is 1.76. The third-order valence-electron chi connectivity index (χ3n) is 6.81. The quantitative estimate of drug-likeness (QED) is 0.694. The monoisotopic (exact) mass is 334 g/mol. The van der Waals surface area contributed by atoms with Gasteiger partial charge in [-0.2, -0.15) is 5.10 Å². The van der Waals surface area contributed by atoms with Crippen molar-refractivity contribution >= 4 is 16.6 Å². The molecule has 126 valence electrons. The molecule has 5 heteroatoms. The molecule has 1 aromatic carbocycles. The smallest absolute Gasteiger partial charge is 0.146 e. The molecule has 3 heterocycles. The zero-order valence-corrected chi connectivity index (χ0v) is 13.7. The molecule has 2 fully saturated rings. The van der Waals surface area contributed by atoms with Gasteiger partial charge in [0.2, 0.25) is 0 Å². The highest BCUT2D eigenvalue weighted by molar-refractivity contribution is 5.88. The standard InChI is InChI=1S/C20H19FN4/c21-14-9-22-6-5-12(14)20-18-11-2-1-10(7-11)17(18)19-13-8-23-25-15(13)3-4-16(19)24-20/h3-6,8-11,17-18,20,24H,1-2,7H2,(H,23,25). The lowest BCUT2D eigenvalue weighted by Crippen LogP contribution is -2.36. The van der Waals surface area contributed by atoms with Gasteiger partial charge in [0, 0.05) is 22.8 Å². The van der Waals surface area contributed by atoms with Crippen LogP contribution in [0.1, 0.15) is 42.3 Å². The first kappa shape index (κ1) is 13.8. The lowest BCUT2D eigenvalue weighted by Gasteiger charge is -2.43. The molecule has 0 spiro atoms. The number of benzene rings is 1. The topological polar surface area (TPSA) is 53.6 Å². The zero-order valence-electron chi connectivity index (χ0n) is 13.7. The molecule has 25 heavy (non-hydrogen) atoms. The molecule has 2 aromatic heterocycles. The minimum absolute atomic E-state index is 0.0279. The first-order valence-electron chi connectivity index (χ1n) is 9.13. The summed E-state index contributed by atoms with van der Waals surface area (Å²) in [6.07, 6.45) is 8.84. The molecule has 3 aliphatic rings. The number of pyridine rings is 1. The number of aromatic nitrogens is 3. The minimum atomic E-state index is -0.200. The number of hydrogen-bond donors (Lipinski definition) is 2. The Kier molecular flexibility index (Phi) is 2.66. The number of nitrogens with one attached hydrogen (secondary N) is 2. The second kappa shape index (κ2) is 4.81. The van der Waals surface area contributed by atoms with Crippen LogP contribution in [0.15, 0.2) is 36.8 Å². The number of aromatic amines is 1. The van der Waals surface area contributed by atoms with E-state index < -0.39 is 0 Å². The van der Waals surface area contributed by atoms with Crippen molar-refractivity contribution in [3.63, 3.8) is 0 Å². The van der Waals surface area contributed by atoms with Crippen LogP contribution in [0.25, 0.3) is 10.9 Å². The van der Waals surface area contributed by atoms with Gasteiger partial charge < -0.3 is 5.32 Å². The summed E-state index contributed by atoms with van der Waals surface area (Å²) in [4.78, 5) is 3.94. The van der Waals surface area contributed by atoms with Gasteiger partial charge in [0.05, 0.1) is 24.0 Å². The van der Waals surface area contributed by atoms with Crippen LogP contribution in [0.5, 0.6) is 0 Å². The normalized spacial score (nSPS) is 32.4. The van der Waals surface area contributed by atoms with E-state index in [1.54, 1.807) is 6.20 Å². The first-order valence-corrected chi connectivity index (χ1v) is 9.13. The molecule has 6 rings (SSSR count). The third-order valence-corrected chi connectivity index (χ3v) is 6.81. The van der Waals surface area contributed by atoms with Crippen LogP contribution in [0, 0.1) is 23.6 Å². The molecule has 5 unspecified atom stereocenters. The Morgan fingerprint density at radius 2 is 2.00 bits per heavy atom. The molecule has 0 saturated heterocycles. The van der Waals surface area contributed by atoms with Gasteiger partial charge >= 0.3 is 0 Å². The van der Waals surface area contributed by atoms with E-state index in [1.807, 2.05) is 12.3 Å². The van der Waals surface area contributed by atoms with Crippen molar-refractivity contribution in [2.24, 2.45) is 17.8 Å². The van der Waals surface area contributed by atoms with Crippen LogP contribution in [-0.4, -0.2) is 15.2 Å². The fraction of sp³-hybridized carbons (Fsp3) is 0.400. The average molecular weight is 334 g/mol. The van der Waals surface area contributed by atoms with E-state index in [4.69, 9.17) is 0 Å². The molecule has 2 bridgehead atoms. The van der Waals surface area contributed by atoms with Crippen LogP contribution in [0.4, 0.5) is 10.1 Å². The van der Waals surface area contributed by atoms with Crippen molar-refractivity contribution in [2.75, 3.05) is 5.32 Å². The van der Waals surface area contributed by atoms with E-state index in [-0.39, 0.29) is 11.9 Å². The molecular formula is C20H19FN4.